The molecule has 0 spiro atoms. The van der Waals surface area contributed by atoms with E-state index in [0.29, 0.717) is 13.1 Å². The minimum Gasteiger partial charge on any atom is -0.352 e. The Kier molecular flexibility index (Phi) is 3.96. The molecule has 8 heteroatoms. The quantitative estimate of drug-likeness (QED) is 0.807. The molecule has 0 radical (unpaired) electrons. The number of urea groups is 1. The molecular formula is C13H21N3O3S2. The Morgan fingerprint density at radius 1 is 1.38 bits per heavy atom. The Labute approximate surface area is 129 Å². The highest BCUT2D eigenvalue weighted by Gasteiger charge is 2.49. The molecule has 6 nitrogen and oxygen atoms in total. The van der Waals surface area contributed by atoms with E-state index >= 15 is 0 Å². The zero-order chi connectivity index (χ0) is 15.1. The van der Waals surface area contributed by atoms with Gasteiger partial charge >= 0.3 is 6.03 Å². The van der Waals surface area contributed by atoms with Gasteiger partial charge in [0.1, 0.15) is 5.25 Å². The summed E-state index contributed by atoms with van der Waals surface area (Å²) >= 11 is 1.58. The molecule has 3 rings (SSSR count). The van der Waals surface area contributed by atoms with E-state index in [4.69, 9.17) is 5.73 Å². The van der Waals surface area contributed by atoms with Crippen LogP contribution in [0, 0.1) is 0 Å². The Hall–Kier alpha value is -0.730. The monoisotopic (exact) mass is 331 g/mol. The lowest BCUT2D eigenvalue weighted by atomic mass is 9.81. The van der Waals surface area contributed by atoms with Gasteiger partial charge in [0, 0.05) is 18.3 Å². The number of carbonyl (C=O) groups is 1. The number of carbonyl (C=O) groups excluding carboxylic acids is 1. The van der Waals surface area contributed by atoms with Crippen LogP contribution in [0.5, 0.6) is 0 Å². The van der Waals surface area contributed by atoms with Crippen molar-refractivity contribution in [3.05, 3.63) is 11.5 Å². The van der Waals surface area contributed by atoms with Crippen molar-refractivity contribution < 1.29 is 13.2 Å². The highest BCUT2D eigenvalue weighted by Crippen LogP contribution is 2.39. The minimum absolute atomic E-state index is 0.0872. The maximum absolute atomic E-state index is 12.6. The summed E-state index contributed by atoms with van der Waals surface area (Å²) in [5, 5.41) is 4.39. The van der Waals surface area contributed by atoms with Crippen LogP contribution in [-0.2, 0) is 10.0 Å². The molecule has 21 heavy (non-hydrogen) atoms. The summed E-state index contributed by atoms with van der Waals surface area (Å²) in [5.41, 5.74) is 4.81. The first-order valence-corrected chi connectivity index (χ1v) is 9.76. The molecule has 2 fully saturated rings. The average molecular weight is 331 g/mol. The van der Waals surface area contributed by atoms with Crippen LogP contribution >= 0.6 is 11.8 Å². The van der Waals surface area contributed by atoms with E-state index in [2.05, 4.69) is 5.32 Å². The van der Waals surface area contributed by atoms with Crippen molar-refractivity contribution in [3.63, 3.8) is 0 Å². The fourth-order valence-corrected chi connectivity index (χ4v) is 7.31. The number of amides is 2. The Balaban J connectivity index is 1.80. The molecule has 2 heterocycles. The molecule has 0 bridgehead atoms. The number of fused-ring (bicyclic) bond motifs is 1. The lowest BCUT2D eigenvalue weighted by Crippen LogP contribution is -2.58. The largest absolute Gasteiger partial charge is 0.352 e. The molecule has 2 amide bonds. The second-order valence-corrected chi connectivity index (χ2v) is 9.38. The summed E-state index contributed by atoms with van der Waals surface area (Å²) in [7, 11) is -3.30. The van der Waals surface area contributed by atoms with E-state index in [0.717, 1.165) is 32.1 Å². The first-order chi connectivity index (χ1) is 9.93. The number of rotatable bonds is 3. The van der Waals surface area contributed by atoms with Crippen molar-refractivity contribution in [2.75, 3.05) is 13.1 Å². The molecular weight excluding hydrogens is 310 g/mol. The van der Waals surface area contributed by atoms with Crippen LogP contribution in [0.4, 0.5) is 4.79 Å². The molecule has 0 aromatic rings. The molecule has 1 saturated carbocycles. The van der Waals surface area contributed by atoms with E-state index in [9.17, 15) is 13.2 Å². The molecule has 0 aromatic carbocycles. The van der Waals surface area contributed by atoms with Crippen LogP contribution in [0.25, 0.3) is 0 Å². The molecule has 118 valence electrons. The Bertz CT molecular complexity index is 555. The molecule has 2 atom stereocenters. The van der Waals surface area contributed by atoms with Crippen molar-refractivity contribution in [2.24, 2.45) is 5.73 Å². The number of nitrogens with one attached hydrogen (secondary N) is 1. The third kappa shape index (κ3) is 2.80. The highest BCUT2D eigenvalue weighted by atomic mass is 32.2. The lowest BCUT2D eigenvalue weighted by Gasteiger charge is -2.40. The number of thioether (sulfide) groups is 1. The van der Waals surface area contributed by atoms with Crippen LogP contribution in [0.1, 0.15) is 32.1 Å². The maximum Gasteiger partial charge on any atom is 0.312 e. The van der Waals surface area contributed by atoms with Crippen molar-refractivity contribution in [1.29, 1.82) is 0 Å². The van der Waals surface area contributed by atoms with Gasteiger partial charge < -0.3 is 11.1 Å². The van der Waals surface area contributed by atoms with Gasteiger partial charge in [0.05, 0.1) is 5.54 Å². The fraction of sp³-hybridized carbons (Fsp3) is 0.769. The van der Waals surface area contributed by atoms with Gasteiger partial charge in [0.25, 0.3) is 0 Å². The number of nitrogens with zero attached hydrogens (tertiary/aromatic N) is 1. The zero-order valence-corrected chi connectivity index (χ0v) is 13.5. The van der Waals surface area contributed by atoms with Crippen molar-refractivity contribution >= 4 is 27.8 Å². The number of sulfonamides is 1. The number of nitrogens with two attached hydrogens (primary N) is 1. The third-order valence-corrected chi connectivity index (χ3v) is 8.10. The maximum atomic E-state index is 12.6. The predicted molar refractivity (Wildman–Crippen MR) is 83.3 cm³/mol. The summed E-state index contributed by atoms with van der Waals surface area (Å²) < 4.78 is 26.7. The summed E-state index contributed by atoms with van der Waals surface area (Å²) in [4.78, 5) is 11.3. The molecule has 1 saturated heterocycles. The second-order valence-electron chi connectivity index (χ2n) is 6.14. The van der Waals surface area contributed by atoms with E-state index in [-0.39, 0.29) is 5.25 Å². The zero-order valence-electron chi connectivity index (χ0n) is 11.8. The van der Waals surface area contributed by atoms with Crippen LogP contribution < -0.4 is 11.1 Å². The Morgan fingerprint density at radius 3 is 2.71 bits per heavy atom. The molecule has 1 aliphatic carbocycles. The summed E-state index contributed by atoms with van der Waals surface area (Å²) in [5.74, 6) is 0. The first kappa shape index (κ1) is 15.2. The smallest absolute Gasteiger partial charge is 0.312 e. The normalized spacial score (nSPS) is 33.7. The van der Waals surface area contributed by atoms with Gasteiger partial charge in [-0.2, -0.15) is 4.31 Å². The van der Waals surface area contributed by atoms with Gasteiger partial charge in [-0.15, -0.1) is 11.8 Å². The lowest BCUT2D eigenvalue weighted by molar-refractivity contribution is 0.186. The van der Waals surface area contributed by atoms with Crippen LogP contribution in [0.2, 0.25) is 0 Å². The van der Waals surface area contributed by atoms with E-state index in [1.54, 1.807) is 22.1 Å². The van der Waals surface area contributed by atoms with E-state index < -0.39 is 26.8 Å². The molecule has 2 unspecified atom stereocenters. The second kappa shape index (κ2) is 5.48. The van der Waals surface area contributed by atoms with Gasteiger partial charge in [-0.3, -0.25) is 0 Å². The third-order valence-electron chi connectivity index (χ3n) is 4.65. The van der Waals surface area contributed by atoms with E-state index in [1.165, 1.54) is 0 Å². The van der Waals surface area contributed by atoms with Crippen LogP contribution in [-0.4, -0.2) is 47.9 Å². The predicted octanol–water partition coefficient (Wildman–Crippen LogP) is 1.00. The van der Waals surface area contributed by atoms with Gasteiger partial charge in [-0.1, -0.05) is 25.3 Å². The van der Waals surface area contributed by atoms with Gasteiger partial charge in [0.2, 0.25) is 10.0 Å². The summed E-state index contributed by atoms with van der Waals surface area (Å²) in [6.07, 6.45) is 6.48. The topological polar surface area (TPSA) is 92.5 Å². The number of primary amides is 1. The first-order valence-electron chi connectivity index (χ1n) is 7.32. The van der Waals surface area contributed by atoms with Gasteiger partial charge in [-0.25, -0.2) is 13.2 Å². The van der Waals surface area contributed by atoms with Gasteiger partial charge in [0.15, 0.2) is 0 Å². The summed E-state index contributed by atoms with van der Waals surface area (Å²) in [6, 6.07) is -0.567. The fourth-order valence-electron chi connectivity index (χ4n) is 3.64. The molecule has 0 aromatic heterocycles. The van der Waals surface area contributed by atoms with Crippen molar-refractivity contribution in [3.8, 4) is 0 Å². The van der Waals surface area contributed by atoms with E-state index in [1.807, 2.05) is 5.41 Å². The number of hydrogen-bond acceptors (Lipinski definition) is 4. The van der Waals surface area contributed by atoms with Crippen molar-refractivity contribution in [2.45, 2.75) is 48.1 Å². The van der Waals surface area contributed by atoms with Crippen molar-refractivity contribution in [1.82, 2.24) is 9.62 Å². The van der Waals surface area contributed by atoms with Gasteiger partial charge in [-0.05, 0) is 18.2 Å². The minimum atomic E-state index is -3.30. The number of hydrogen-bond donors (Lipinski definition) is 2. The average Bonchev–Trinajstić information content (AvgIpc) is 2.94. The molecule has 3 N–H and O–H groups in total. The highest BCUT2D eigenvalue weighted by molar-refractivity contribution is 8.04. The molecule has 3 aliphatic rings. The standard InChI is InChI=1S/C13H21N3O3S2/c14-12(17)15-13(5-2-1-3-6-13)9-16-8-10-11(4-7-20-10)21(16,18)19/h4,7,10-11H,1-3,5-6,8-9H2,(H3,14,15,17). The summed E-state index contributed by atoms with van der Waals surface area (Å²) in [6.45, 7) is 0.868. The molecule has 2 aliphatic heterocycles. The Morgan fingerprint density at radius 2 is 2.10 bits per heavy atom. The van der Waals surface area contributed by atoms with Crippen LogP contribution in [0.15, 0.2) is 11.5 Å². The SMILES string of the molecule is NC(=O)NC1(CN2CC3SC=CC3S2(=O)=O)CCCCC1. The van der Waals surface area contributed by atoms with Crippen LogP contribution in [0.3, 0.4) is 0 Å².